The summed E-state index contributed by atoms with van der Waals surface area (Å²) in [5.74, 6) is -0.0494. The van der Waals surface area contributed by atoms with E-state index >= 15 is 0 Å². The largest absolute Gasteiger partial charge is 0.379 e. The molecular weight excluding hydrogens is 380 g/mol. The van der Waals surface area contributed by atoms with Crippen molar-refractivity contribution in [2.75, 3.05) is 32.8 Å². The molecule has 1 aliphatic rings. The van der Waals surface area contributed by atoms with Crippen LogP contribution in [0.25, 0.3) is 0 Å². The molecule has 0 spiro atoms. The number of amides is 1. The van der Waals surface area contributed by atoms with E-state index in [1.165, 1.54) is 11.1 Å². The van der Waals surface area contributed by atoms with Gasteiger partial charge in [-0.15, -0.1) is 0 Å². The van der Waals surface area contributed by atoms with E-state index in [0.29, 0.717) is 12.1 Å². The van der Waals surface area contributed by atoms with Gasteiger partial charge in [0, 0.05) is 29.7 Å². The highest BCUT2D eigenvalue weighted by Crippen LogP contribution is 2.22. The van der Waals surface area contributed by atoms with Gasteiger partial charge in [-0.3, -0.25) is 9.69 Å². The molecular formula is C20H23BrN2O2. The minimum atomic E-state index is -0.0494. The molecule has 2 aromatic carbocycles. The summed E-state index contributed by atoms with van der Waals surface area (Å²) < 4.78 is 6.38. The van der Waals surface area contributed by atoms with Crippen LogP contribution in [0.2, 0.25) is 0 Å². The zero-order chi connectivity index (χ0) is 17.6. The number of benzene rings is 2. The normalized spacial score (nSPS) is 16.4. The van der Waals surface area contributed by atoms with E-state index in [1.54, 1.807) is 0 Å². The van der Waals surface area contributed by atoms with Gasteiger partial charge in [-0.2, -0.15) is 0 Å². The fourth-order valence-electron chi connectivity index (χ4n) is 3.06. The van der Waals surface area contributed by atoms with Crippen LogP contribution in [0, 0.1) is 6.92 Å². The molecule has 0 aromatic heterocycles. The number of halogens is 1. The van der Waals surface area contributed by atoms with Crippen molar-refractivity contribution in [1.82, 2.24) is 10.2 Å². The maximum Gasteiger partial charge on any atom is 0.251 e. The topological polar surface area (TPSA) is 41.6 Å². The maximum absolute atomic E-state index is 12.5. The van der Waals surface area contributed by atoms with E-state index in [-0.39, 0.29) is 11.9 Å². The molecule has 0 aliphatic carbocycles. The number of ether oxygens (including phenoxy) is 1. The van der Waals surface area contributed by atoms with Crippen molar-refractivity contribution in [3.63, 3.8) is 0 Å². The fraction of sp³-hybridized carbons (Fsp3) is 0.350. The van der Waals surface area contributed by atoms with Gasteiger partial charge in [-0.25, -0.2) is 0 Å². The molecule has 1 aliphatic heterocycles. The van der Waals surface area contributed by atoms with Crippen LogP contribution in [0.15, 0.2) is 53.0 Å². The molecule has 0 bridgehead atoms. The average molecular weight is 403 g/mol. The molecule has 1 fully saturated rings. The lowest BCUT2D eigenvalue weighted by Gasteiger charge is -2.35. The number of nitrogens with zero attached hydrogens (tertiary/aromatic N) is 1. The summed E-state index contributed by atoms with van der Waals surface area (Å²) >= 11 is 3.41. The highest BCUT2D eigenvalue weighted by Gasteiger charge is 2.23. The van der Waals surface area contributed by atoms with Crippen LogP contribution in [0.5, 0.6) is 0 Å². The van der Waals surface area contributed by atoms with Crippen LogP contribution in [-0.4, -0.2) is 43.7 Å². The molecule has 0 saturated carbocycles. The first kappa shape index (κ1) is 18.1. The van der Waals surface area contributed by atoms with Crippen molar-refractivity contribution < 1.29 is 9.53 Å². The first-order valence-electron chi connectivity index (χ1n) is 8.55. The second kappa shape index (κ2) is 8.61. The predicted molar refractivity (Wildman–Crippen MR) is 103 cm³/mol. The molecule has 1 heterocycles. The van der Waals surface area contributed by atoms with Crippen LogP contribution in [-0.2, 0) is 4.74 Å². The van der Waals surface area contributed by atoms with E-state index in [0.717, 1.165) is 30.8 Å². The Morgan fingerprint density at radius 2 is 1.92 bits per heavy atom. The molecule has 1 saturated heterocycles. The molecule has 1 atom stereocenters. The third kappa shape index (κ3) is 4.91. The molecule has 0 unspecified atom stereocenters. The Balaban J connectivity index is 1.73. The molecule has 132 valence electrons. The summed E-state index contributed by atoms with van der Waals surface area (Å²) in [5.41, 5.74) is 3.13. The Kier molecular flexibility index (Phi) is 6.24. The summed E-state index contributed by atoms with van der Waals surface area (Å²) in [5, 5.41) is 3.09. The molecule has 1 amide bonds. The van der Waals surface area contributed by atoms with E-state index < -0.39 is 0 Å². The number of morpholine rings is 1. The molecule has 0 radical (unpaired) electrons. The quantitative estimate of drug-likeness (QED) is 0.830. The third-order valence-corrected chi connectivity index (χ3v) is 4.98. The number of nitrogens with one attached hydrogen (secondary N) is 1. The summed E-state index contributed by atoms with van der Waals surface area (Å²) in [6, 6.07) is 16.2. The van der Waals surface area contributed by atoms with E-state index in [4.69, 9.17) is 4.74 Å². The first-order chi connectivity index (χ1) is 12.1. The minimum absolute atomic E-state index is 0.0494. The van der Waals surface area contributed by atoms with Crippen molar-refractivity contribution in [2.45, 2.75) is 13.0 Å². The van der Waals surface area contributed by atoms with Crippen molar-refractivity contribution in [3.05, 3.63) is 69.7 Å². The summed E-state index contributed by atoms with van der Waals surface area (Å²) in [6.45, 7) is 5.90. The number of carbonyl (C=O) groups excluding carboxylic acids is 1. The van der Waals surface area contributed by atoms with Gasteiger partial charge in [0.15, 0.2) is 0 Å². The second-order valence-corrected chi connectivity index (χ2v) is 7.21. The maximum atomic E-state index is 12.5. The molecule has 5 heteroatoms. The van der Waals surface area contributed by atoms with Crippen LogP contribution < -0.4 is 5.32 Å². The lowest BCUT2D eigenvalue weighted by molar-refractivity contribution is 0.0162. The SMILES string of the molecule is Cc1ccc([C@@H](CNC(=O)c2cccc(Br)c2)N2CCOCC2)cc1. The van der Waals surface area contributed by atoms with Crippen molar-refractivity contribution in [3.8, 4) is 0 Å². The number of aryl methyl sites for hydroxylation is 1. The monoisotopic (exact) mass is 402 g/mol. The van der Waals surface area contributed by atoms with Crippen LogP contribution in [0.1, 0.15) is 27.5 Å². The molecule has 2 aromatic rings. The Bertz CT molecular complexity index is 712. The number of hydrogen-bond donors (Lipinski definition) is 1. The zero-order valence-electron chi connectivity index (χ0n) is 14.4. The summed E-state index contributed by atoms with van der Waals surface area (Å²) in [7, 11) is 0. The predicted octanol–water partition coefficient (Wildman–Crippen LogP) is 3.56. The van der Waals surface area contributed by atoms with Gasteiger partial charge in [0.05, 0.1) is 19.3 Å². The zero-order valence-corrected chi connectivity index (χ0v) is 16.0. The van der Waals surface area contributed by atoms with E-state index in [9.17, 15) is 4.79 Å². The number of carbonyl (C=O) groups is 1. The Labute approximate surface area is 157 Å². The van der Waals surface area contributed by atoms with Gasteiger partial charge in [-0.1, -0.05) is 51.8 Å². The van der Waals surface area contributed by atoms with Gasteiger partial charge in [0.25, 0.3) is 5.91 Å². The van der Waals surface area contributed by atoms with Crippen LogP contribution in [0.3, 0.4) is 0 Å². The smallest absolute Gasteiger partial charge is 0.251 e. The molecule has 1 N–H and O–H groups in total. The van der Waals surface area contributed by atoms with Gasteiger partial charge < -0.3 is 10.1 Å². The number of hydrogen-bond acceptors (Lipinski definition) is 3. The van der Waals surface area contributed by atoms with E-state index in [1.807, 2.05) is 24.3 Å². The van der Waals surface area contributed by atoms with Gasteiger partial charge in [0.2, 0.25) is 0 Å². The van der Waals surface area contributed by atoms with Crippen molar-refractivity contribution >= 4 is 21.8 Å². The Morgan fingerprint density at radius 3 is 2.60 bits per heavy atom. The van der Waals surface area contributed by atoms with Gasteiger partial charge in [0.1, 0.15) is 0 Å². The highest BCUT2D eigenvalue weighted by molar-refractivity contribution is 9.10. The first-order valence-corrected chi connectivity index (χ1v) is 9.35. The lowest BCUT2D eigenvalue weighted by Crippen LogP contribution is -2.43. The Hall–Kier alpha value is -1.69. The van der Waals surface area contributed by atoms with Crippen molar-refractivity contribution in [1.29, 1.82) is 0 Å². The standard InChI is InChI=1S/C20H23BrN2O2/c1-15-5-7-16(8-6-15)19(23-9-11-25-12-10-23)14-22-20(24)17-3-2-4-18(21)13-17/h2-8,13,19H,9-12,14H2,1H3,(H,22,24)/t19-/m1/s1. The highest BCUT2D eigenvalue weighted by atomic mass is 79.9. The second-order valence-electron chi connectivity index (χ2n) is 6.30. The minimum Gasteiger partial charge on any atom is -0.379 e. The van der Waals surface area contributed by atoms with Gasteiger partial charge >= 0.3 is 0 Å². The summed E-state index contributed by atoms with van der Waals surface area (Å²) in [4.78, 5) is 14.9. The summed E-state index contributed by atoms with van der Waals surface area (Å²) in [6.07, 6.45) is 0. The average Bonchev–Trinajstić information content (AvgIpc) is 2.64. The fourth-order valence-corrected chi connectivity index (χ4v) is 3.46. The molecule has 25 heavy (non-hydrogen) atoms. The molecule has 3 rings (SSSR count). The van der Waals surface area contributed by atoms with Crippen LogP contribution in [0.4, 0.5) is 0 Å². The van der Waals surface area contributed by atoms with Crippen molar-refractivity contribution in [2.24, 2.45) is 0 Å². The van der Waals surface area contributed by atoms with E-state index in [2.05, 4.69) is 57.3 Å². The molecule has 4 nitrogen and oxygen atoms in total. The lowest BCUT2D eigenvalue weighted by atomic mass is 10.0. The Morgan fingerprint density at radius 1 is 1.20 bits per heavy atom. The van der Waals surface area contributed by atoms with Crippen LogP contribution >= 0.6 is 15.9 Å². The number of rotatable bonds is 5. The third-order valence-electron chi connectivity index (χ3n) is 4.49. The van der Waals surface area contributed by atoms with Gasteiger partial charge in [-0.05, 0) is 30.7 Å².